The summed E-state index contributed by atoms with van der Waals surface area (Å²) in [6, 6.07) is 8.29. The number of pyridine rings is 1. The molecular formula is C15H11F3N4O. The first kappa shape index (κ1) is 15.0. The van der Waals surface area contributed by atoms with Gasteiger partial charge in [0.25, 0.3) is 5.91 Å². The predicted octanol–water partition coefficient (Wildman–Crippen LogP) is 3.24. The maximum atomic E-state index is 12.6. The lowest BCUT2D eigenvalue weighted by atomic mass is 10.2. The van der Waals surface area contributed by atoms with E-state index < -0.39 is 17.8 Å². The molecule has 23 heavy (non-hydrogen) atoms. The number of carbonyl (C=O) groups is 1. The number of rotatable bonds is 2. The zero-order chi connectivity index (χ0) is 16.6. The molecular weight excluding hydrogens is 309 g/mol. The lowest BCUT2D eigenvalue weighted by Gasteiger charge is -2.08. The van der Waals surface area contributed by atoms with E-state index in [2.05, 4.69) is 15.4 Å². The molecule has 0 bridgehead atoms. The Balaban J connectivity index is 1.85. The molecule has 0 radical (unpaired) electrons. The van der Waals surface area contributed by atoms with Crippen molar-refractivity contribution in [3.8, 4) is 0 Å². The molecule has 3 aromatic rings. The third-order valence-corrected chi connectivity index (χ3v) is 3.28. The lowest BCUT2D eigenvalue weighted by molar-refractivity contribution is -0.141. The summed E-state index contributed by atoms with van der Waals surface area (Å²) in [6.45, 7) is 0. The van der Waals surface area contributed by atoms with Crippen molar-refractivity contribution < 1.29 is 18.0 Å². The topological polar surface area (TPSA) is 59.8 Å². The first-order chi connectivity index (χ1) is 10.8. The van der Waals surface area contributed by atoms with Gasteiger partial charge in [-0.3, -0.25) is 9.48 Å². The zero-order valence-corrected chi connectivity index (χ0v) is 11.9. The standard InChI is InChI=1S/C15H11F3N4O/c1-22-12-6-5-10(7-9(12)8-19-22)20-14(23)11-3-2-4-13(21-11)15(16,17)18/h2-8H,1H3,(H,20,23). The largest absolute Gasteiger partial charge is 0.433 e. The third kappa shape index (κ3) is 3.01. The van der Waals surface area contributed by atoms with E-state index in [9.17, 15) is 18.0 Å². The number of anilines is 1. The summed E-state index contributed by atoms with van der Waals surface area (Å²) in [6.07, 6.45) is -2.96. The third-order valence-electron chi connectivity index (χ3n) is 3.28. The van der Waals surface area contributed by atoms with Gasteiger partial charge in [-0.25, -0.2) is 4.98 Å². The second kappa shape index (κ2) is 5.38. The highest BCUT2D eigenvalue weighted by Gasteiger charge is 2.32. The summed E-state index contributed by atoms with van der Waals surface area (Å²) in [5.74, 6) is -0.709. The molecule has 0 aliphatic rings. The Labute approximate surface area is 128 Å². The van der Waals surface area contributed by atoms with Crippen LogP contribution in [0.15, 0.2) is 42.6 Å². The van der Waals surface area contributed by atoms with Crippen molar-refractivity contribution in [1.82, 2.24) is 14.8 Å². The van der Waals surface area contributed by atoms with Crippen molar-refractivity contribution in [2.24, 2.45) is 7.05 Å². The van der Waals surface area contributed by atoms with E-state index in [-0.39, 0.29) is 5.69 Å². The van der Waals surface area contributed by atoms with E-state index in [1.54, 1.807) is 36.1 Å². The number of nitrogens with one attached hydrogen (secondary N) is 1. The molecule has 0 aliphatic carbocycles. The molecule has 1 N–H and O–H groups in total. The molecule has 1 amide bonds. The van der Waals surface area contributed by atoms with Crippen LogP contribution in [0.3, 0.4) is 0 Å². The molecule has 0 aliphatic heterocycles. The summed E-state index contributed by atoms with van der Waals surface area (Å²) in [5.41, 5.74) is -0.0751. The number of hydrogen-bond donors (Lipinski definition) is 1. The molecule has 5 nitrogen and oxygen atoms in total. The van der Waals surface area contributed by atoms with Gasteiger partial charge in [-0.05, 0) is 30.3 Å². The molecule has 3 rings (SSSR count). The maximum absolute atomic E-state index is 12.6. The highest BCUT2D eigenvalue weighted by atomic mass is 19.4. The van der Waals surface area contributed by atoms with Gasteiger partial charge >= 0.3 is 6.18 Å². The van der Waals surface area contributed by atoms with Crippen LogP contribution in [-0.4, -0.2) is 20.7 Å². The highest BCUT2D eigenvalue weighted by molar-refractivity contribution is 6.03. The van der Waals surface area contributed by atoms with E-state index in [1.807, 2.05) is 0 Å². The van der Waals surface area contributed by atoms with Gasteiger partial charge in [0.1, 0.15) is 11.4 Å². The zero-order valence-electron chi connectivity index (χ0n) is 11.9. The molecule has 0 saturated carbocycles. The van der Waals surface area contributed by atoms with Crippen molar-refractivity contribution in [3.63, 3.8) is 0 Å². The Morgan fingerprint density at radius 3 is 2.74 bits per heavy atom. The fraction of sp³-hybridized carbons (Fsp3) is 0.133. The molecule has 0 unspecified atom stereocenters. The molecule has 0 spiro atoms. The van der Waals surface area contributed by atoms with Crippen molar-refractivity contribution in [2.45, 2.75) is 6.18 Å². The van der Waals surface area contributed by atoms with E-state index in [0.29, 0.717) is 5.69 Å². The number of hydrogen-bond acceptors (Lipinski definition) is 3. The van der Waals surface area contributed by atoms with Gasteiger partial charge in [0.2, 0.25) is 0 Å². The molecule has 1 aromatic carbocycles. The van der Waals surface area contributed by atoms with Gasteiger partial charge < -0.3 is 5.32 Å². The minimum absolute atomic E-state index is 0.300. The van der Waals surface area contributed by atoms with Gasteiger partial charge in [0.15, 0.2) is 0 Å². The Morgan fingerprint density at radius 2 is 2.00 bits per heavy atom. The van der Waals surface area contributed by atoms with Crippen molar-refractivity contribution >= 4 is 22.5 Å². The number of benzene rings is 1. The number of carbonyl (C=O) groups excluding carboxylic acids is 1. The van der Waals surface area contributed by atoms with Crippen LogP contribution >= 0.6 is 0 Å². The Kier molecular flexibility index (Phi) is 3.51. The van der Waals surface area contributed by atoms with Gasteiger partial charge in [-0.1, -0.05) is 6.07 Å². The number of halogens is 3. The Bertz CT molecular complexity index is 886. The van der Waals surface area contributed by atoms with Crippen molar-refractivity contribution in [1.29, 1.82) is 0 Å². The molecule has 0 atom stereocenters. The van der Waals surface area contributed by atoms with Crippen LogP contribution in [0.4, 0.5) is 18.9 Å². The van der Waals surface area contributed by atoms with Crippen molar-refractivity contribution in [2.75, 3.05) is 5.32 Å². The first-order valence-corrected chi connectivity index (χ1v) is 6.62. The smallest absolute Gasteiger partial charge is 0.321 e. The minimum atomic E-state index is -4.59. The van der Waals surface area contributed by atoms with E-state index in [0.717, 1.165) is 23.0 Å². The molecule has 2 heterocycles. The number of fused-ring (bicyclic) bond motifs is 1. The summed E-state index contributed by atoms with van der Waals surface area (Å²) >= 11 is 0. The second-order valence-electron chi connectivity index (χ2n) is 4.90. The van der Waals surface area contributed by atoms with E-state index >= 15 is 0 Å². The van der Waals surface area contributed by atoms with Crippen LogP contribution in [-0.2, 0) is 13.2 Å². The molecule has 0 saturated heterocycles. The summed E-state index contributed by atoms with van der Waals surface area (Å²) in [4.78, 5) is 15.4. The van der Waals surface area contributed by atoms with Gasteiger partial charge in [0, 0.05) is 18.1 Å². The van der Waals surface area contributed by atoms with Gasteiger partial charge in [-0.15, -0.1) is 0 Å². The minimum Gasteiger partial charge on any atom is -0.321 e. The summed E-state index contributed by atoms with van der Waals surface area (Å²) in [5, 5.41) is 7.42. The SMILES string of the molecule is Cn1ncc2cc(NC(=O)c3cccc(C(F)(F)F)n3)ccc21. The van der Waals surface area contributed by atoms with Gasteiger partial charge in [0.05, 0.1) is 11.7 Å². The van der Waals surface area contributed by atoms with Crippen LogP contribution < -0.4 is 5.32 Å². The fourth-order valence-electron chi connectivity index (χ4n) is 2.16. The molecule has 118 valence electrons. The maximum Gasteiger partial charge on any atom is 0.433 e. The first-order valence-electron chi connectivity index (χ1n) is 6.62. The quantitative estimate of drug-likeness (QED) is 0.788. The predicted molar refractivity (Wildman–Crippen MR) is 77.9 cm³/mol. The van der Waals surface area contributed by atoms with Crippen LogP contribution in [0.1, 0.15) is 16.2 Å². The van der Waals surface area contributed by atoms with Gasteiger partial charge in [-0.2, -0.15) is 18.3 Å². The lowest BCUT2D eigenvalue weighted by Crippen LogP contribution is -2.17. The molecule has 8 heteroatoms. The summed E-state index contributed by atoms with van der Waals surface area (Å²) in [7, 11) is 1.78. The molecule has 0 fully saturated rings. The fourth-order valence-corrected chi connectivity index (χ4v) is 2.16. The highest BCUT2D eigenvalue weighted by Crippen LogP contribution is 2.27. The van der Waals surface area contributed by atoms with E-state index in [1.165, 1.54) is 6.07 Å². The van der Waals surface area contributed by atoms with Crippen molar-refractivity contribution in [3.05, 3.63) is 54.0 Å². The normalized spacial score (nSPS) is 11.7. The Hall–Kier alpha value is -2.90. The van der Waals surface area contributed by atoms with Crippen LogP contribution in [0.5, 0.6) is 0 Å². The average molecular weight is 320 g/mol. The van der Waals surface area contributed by atoms with Crippen LogP contribution in [0, 0.1) is 0 Å². The number of aryl methyl sites for hydroxylation is 1. The average Bonchev–Trinajstić information content (AvgIpc) is 2.87. The van der Waals surface area contributed by atoms with E-state index in [4.69, 9.17) is 0 Å². The Morgan fingerprint density at radius 1 is 1.22 bits per heavy atom. The number of nitrogens with zero attached hydrogens (tertiary/aromatic N) is 3. The summed E-state index contributed by atoms with van der Waals surface area (Å²) < 4.78 is 39.6. The number of aromatic nitrogens is 3. The second-order valence-corrected chi connectivity index (χ2v) is 4.90. The molecule has 2 aromatic heterocycles. The van der Waals surface area contributed by atoms with Crippen LogP contribution in [0.25, 0.3) is 10.9 Å². The number of alkyl halides is 3. The number of amides is 1. The monoisotopic (exact) mass is 320 g/mol. The van der Waals surface area contributed by atoms with Crippen LogP contribution in [0.2, 0.25) is 0 Å².